The Bertz CT molecular complexity index is 377. The summed E-state index contributed by atoms with van der Waals surface area (Å²) < 4.78 is 5.14. The molecule has 0 saturated heterocycles. The quantitative estimate of drug-likeness (QED) is 0.485. The van der Waals surface area contributed by atoms with Crippen LogP contribution in [0.3, 0.4) is 0 Å². The zero-order valence-electron chi connectivity index (χ0n) is 9.35. The molecule has 0 bridgehead atoms. The summed E-state index contributed by atoms with van der Waals surface area (Å²) >= 11 is 1.51. The second kappa shape index (κ2) is 6.95. The van der Waals surface area contributed by atoms with E-state index in [2.05, 4.69) is 11.6 Å². The lowest BCUT2D eigenvalue weighted by molar-refractivity contribution is 0.414. The van der Waals surface area contributed by atoms with E-state index in [0.717, 1.165) is 11.5 Å². The van der Waals surface area contributed by atoms with Crippen LogP contribution >= 0.6 is 11.8 Å². The first-order chi connectivity index (χ1) is 7.76. The van der Waals surface area contributed by atoms with Gasteiger partial charge in [-0.2, -0.15) is 0 Å². The molecule has 1 aromatic rings. The number of nitrogens with zero attached hydrogens (tertiary/aromatic N) is 1. The number of benzene rings is 1. The molecule has 0 aliphatic heterocycles. The number of nitrogens with two attached hydrogens (primary N) is 1. The molecule has 0 amide bonds. The number of aliphatic imine (C=N–C) groups is 1. The van der Waals surface area contributed by atoms with Crippen molar-refractivity contribution in [2.75, 3.05) is 13.7 Å². The fraction of sp³-hybridized carbons (Fsp3) is 0.250. The lowest BCUT2D eigenvalue weighted by atomic mass is 10.2. The van der Waals surface area contributed by atoms with Gasteiger partial charge in [0.05, 0.1) is 13.7 Å². The van der Waals surface area contributed by atoms with E-state index in [9.17, 15) is 0 Å². The molecule has 0 aromatic heterocycles. The summed E-state index contributed by atoms with van der Waals surface area (Å²) in [7, 11) is 1.66. The molecule has 0 spiro atoms. The second-order valence-electron chi connectivity index (χ2n) is 3.11. The summed E-state index contributed by atoms with van der Waals surface area (Å²) in [5.74, 6) is 1.66. The van der Waals surface area contributed by atoms with Crippen LogP contribution in [0.5, 0.6) is 5.75 Å². The normalized spacial score (nSPS) is 11.2. The highest BCUT2D eigenvalue weighted by Gasteiger charge is 1.98. The second-order valence-corrected chi connectivity index (χ2v) is 4.10. The molecule has 2 N–H and O–H groups in total. The van der Waals surface area contributed by atoms with E-state index in [1.54, 1.807) is 13.2 Å². The van der Waals surface area contributed by atoms with Crippen molar-refractivity contribution in [1.29, 1.82) is 0 Å². The Labute approximate surface area is 100 Å². The predicted molar refractivity (Wildman–Crippen MR) is 71.0 cm³/mol. The number of hydrogen-bond donors (Lipinski definition) is 1. The van der Waals surface area contributed by atoms with Crippen molar-refractivity contribution in [3.8, 4) is 5.75 Å². The molecule has 0 heterocycles. The smallest absolute Gasteiger partial charge is 0.154 e. The fourth-order valence-corrected chi connectivity index (χ4v) is 1.78. The molecule has 3 nitrogen and oxygen atoms in total. The Morgan fingerprint density at radius 3 is 3.12 bits per heavy atom. The molecule has 0 unspecified atom stereocenters. The molecule has 1 aromatic carbocycles. The van der Waals surface area contributed by atoms with Crippen LogP contribution in [0.1, 0.15) is 5.56 Å². The van der Waals surface area contributed by atoms with Crippen LogP contribution < -0.4 is 10.5 Å². The zero-order valence-corrected chi connectivity index (χ0v) is 10.2. The Hall–Kier alpha value is -1.42. The van der Waals surface area contributed by atoms with Crippen molar-refractivity contribution in [1.82, 2.24) is 0 Å². The SMILES string of the molecule is C=CCN=C(N)SCc1cccc(OC)c1. The van der Waals surface area contributed by atoms with Gasteiger partial charge in [0.2, 0.25) is 0 Å². The number of methoxy groups -OCH3 is 1. The van der Waals surface area contributed by atoms with Gasteiger partial charge in [-0.1, -0.05) is 30.0 Å². The Balaban J connectivity index is 2.50. The summed E-state index contributed by atoms with van der Waals surface area (Å²) in [5, 5.41) is 0.586. The molecular formula is C12H16N2OS. The van der Waals surface area contributed by atoms with Gasteiger partial charge in [0, 0.05) is 5.75 Å². The fourth-order valence-electron chi connectivity index (χ4n) is 1.12. The average Bonchev–Trinajstić information content (AvgIpc) is 2.34. The molecule has 4 heteroatoms. The van der Waals surface area contributed by atoms with Crippen molar-refractivity contribution in [2.24, 2.45) is 10.7 Å². The van der Waals surface area contributed by atoms with Crippen LogP contribution in [0.4, 0.5) is 0 Å². The molecular weight excluding hydrogens is 220 g/mol. The van der Waals surface area contributed by atoms with Gasteiger partial charge in [0.15, 0.2) is 5.17 Å². The van der Waals surface area contributed by atoms with Gasteiger partial charge >= 0.3 is 0 Å². The molecule has 0 fully saturated rings. The third-order valence-electron chi connectivity index (χ3n) is 1.90. The van der Waals surface area contributed by atoms with Gasteiger partial charge in [0.1, 0.15) is 5.75 Å². The van der Waals surface area contributed by atoms with Crippen molar-refractivity contribution < 1.29 is 4.74 Å². The highest BCUT2D eigenvalue weighted by atomic mass is 32.2. The number of amidine groups is 1. The predicted octanol–water partition coefficient (Wildman–Crippen LogP) is 2.43. The maximum Gasteiger partial charge on any atom is 0.154 e. The van der Waals surface area contributed by atoms with E-state index in [1.165, 1.54) is 17.3 Å². The minimum Gasteiger partial charge on any atom is -0.497 e. The zero-order chi connectivity index (χ0) is 11.8. The molecule has 0 atom stereocenters. The average molecular weight is 236 g/mol. The monoisotopic (exact) mass is 236 g/mol. The van der Waals surface area contributed by atoms with E-state index in [4.69, 9.17) is 10.5 Å². The van der Waals surface area contributed by atoms with E-state index in [-0.39, 0.29) is 0 Å². The van der Waals surface area contributed by atoms with Crippen LogP contribution in [0.2, 0.25) is 0 Å². The van der Waals surface area contributed by atoms with Gasteiger partial charge in [-0.3, -0.25) is 4.99 Å². The molecule has 0 radical (unpaired) electrons. The summed E-state index contributed by atoms with van der Waals surface area (Å²) in [5.41, 5.74) is 6.88. The summed E-state index contributed by atoms with van der Waals surface area (Å²) in [6, 6.07) is 7.92. The van der Waals surface area contributed by atoms with Crippen molar-refractivity contribution in [3.05, 3.63) is 42.5 Å². The Morgan fingerprint density at radius 1 is 1.62 bits per heavy atom. The molecule has 0 aliphatic rings. The van der Waals surface area contributed by atoms with E-state index >= 15 is 0 Å². The summed E-state index contributed by atoms with van der Waals surface area (Å²) in [6.07, 6.45) is 1.72. The lowest BCUT2D eigenvalue weighted by Gasteiger charge is -2.03. The maximum atomic E-state index is 5.71. The number of rotatable bonds is 5. The van der Waals surface area contributed by atoms with Gasteiger partial charge in [0.25, 0.3) is 0 Å². The van der Waals surface area contributed by atoms with Gasteiger partial charge in [-0.05, 0) is 17.7 Å². The molecule has 1 rings (SSSR count). The highest BCUT2D eigenvalue weighted by Crippen LogP contribution is 2.17. The molecule has 86 valence electrons. The minimum atomic E-state index is 0.566. The lowest BCUT2D eigenvalue weighted by Crippen LogP contribution is -2.07. The minimum absolute atomic E-state index is 0.566. The van der Waals surface area contributed by atoms with Crippen LogP contribution in [0.25, 0.3) is 0 Å². The number of thioether (sulfide) groups is 1. The van der Waals surface area contributed by atoms with Crippen molar-refractivity contribution in [3.63, 3.8) is 0 Å². The molecule has 16 heavy (non-hydrogen) atoms. The first-order valence-corrected chi connectivity index (χ1v) is 5.91. The Morgan fingerprint density at radius 2 is 2.44 bits per heavy atom. The third kappa shape index (κ3) is 4.40. The van der Waals surface area contributed by atoms with E-state index < -0.39 is 0 Å². The third-order valence-corrected chi connectivity index (χ3v) is 2.80. The van der Waals surface area contributed by atoms with E-state index in [0.29, 0.717) is 11.7 Å². The van der Waals surface area contributed by atoms with Crippen LogP contribution in [0.15, 0.2) is 41.9 Å². The highest BCUT2D eigenvalue weighted by molar-refractivity contribution is 8.13. The van der Waals surface area contributed by atoms with Gasteiger partial charge < -0.3 is 10.5 Å². The van der Waals surface area contributed by atoms with Gasteiger partial charge in [-0.25, -0.2) is 0 Å². The van der Waals surface area contributed by atoms with Crippen LogP contribution in [0, 0.1) is 0 Å². The van der Waals surface area contributed by atoms with Crippen molar-refractivity contribution >= 4 is 16.9 Å². The number of ether oxygens (including phenoxy) is 1. The summed E-state index contributed by atoms with van der Waals surface area (Å²) in [4.78, 5) is 4.11. The first-order valence-electron chi connectivity index (χ1n) is 4.93. The number of hydrogen-bond acceptors (Lipinski definition) is 3. The maximum absolute atomic E-state index is 5.71. The standard InChI is InChI=1S/C12H16N2OS/c1-3-7-14-12(13)16-9-10-5-4-6-11(8-10)15-2/h3-6,8H,1,7,9H2,2H3,(H2,13,14). The largest absolute Gasteiger partial charge is 0.497 e. The Kier molecular flexibility index (Phi) is 5.50. The first kappa shape index (κ1) is 12.6. The molecule has 0 saturated carbocycles. The van der Waals surface area contributed by atoms with E-state index in [1.807, 2.05) is 24.3 Å². The van der Waals surface area contributed by atoms with Crippen LogP contribution in [-0.4, -0.2) is 18.8 Å². The van der Waals surface area contributed by atoms with Crippen molar-refractivity contribution in [2.45, 2.75) is 5.75 Å². The van der Waals surface area contributed by atoms with Gasteiger partial charge in [-0.15, -0.1) is 6.58 Å². The summed E-state index contributed by atoms with van der Waals surface area (Å²) in [6.45, 7) is 4.15. The van der Waals surface area contributed by atoms with Crippen LogP contribution in [-0.2, 0) is 5.75 Å². The topological polar surface area (TPSA) is 47.6 Å². The molecule has 0 aliphatic carbocycles.